The van der Waals surface area contributed by atoms with Crippen molar-refractivity contribution >= 4 is 43.9 Å². The zero-order valence-electron chi connectivity index (χ0n) is 26.9. The van der Waals surface area contributed by atoms with Crippen molar-refractivity contribution in [1.29, 1.82) is 0 Å². The van der Waals surface area contributed by atoms with Gasteiger partial charge >= 0.3 is 6.09 Å². The minimum Gasteiger partial charge on any atom is -0.494 e. The first-order valence-corrected chi connectivity index (χ1v) is 17.6. The Morgan fingerprint density at radius 1 is 1.00 bits per heavy atom. The highest BCUT2D eigenvalue weighted by molar-refractivity contribution is 7.91. The van der Waals surface area contributed by atoms with Gasteiger partial charge in [0.15, 0.2) is 17.4 Å². The van der Waals surface area contributed by atoms with Crippen LogP contribution in [-0.2, 0) is 14.8 Å². The molecule has 1 atom stereocenters. The summed E-state index contributed by atoms with van der Waals surface area (Å²) in [6.45, 7) is 8.09. The normalized spacial score (nSPS) is 14.8. The maximum Gasteiger partial charge on any atom is 0.410 e. The van der Waals surface area contributed by atoms with Gasteiger partial charge in [-0.25, -0.2) is 17.9 Å². The number of nitrogens with one attached hydrogen (secondary N) is 1. The van der Waals surface area contributed by atoms with Crippen molar-refractivity contribution in [1.82, 2.24) is 14.2 Å². The first-order valence-electron chi connectivity index (χ1n) is 15.2. The number of methoxy groups -OCH3 is 2. The Balaban J connectivity index is 1.42. The van der Waals surface area contributed by atoms with E-state index in [1.807, 2.05) is 67.9 Å². The predicted molar refractivity (Wildman–Crippen MR) is 180 cm³/mol. The molecule has 11 nitrogen and oxygen atoms in total. The molecule has 13 heteroatoms. The monoisotopic (exact) mass is 670 g/mol. The molecule has 248 valence electrons. The van der Waals surface area contributed by atoms with Crippen LogP contribution in [0.15, 0.2) is 64.3 Å². The average Bonchev–Trinajstić information content (AvgIpc) is 3.69. The fourth-order valence-corrected chi connectivity index (χ4v) is 7.82. The van der Waals surface area contributed by atoms with Crippen molar-refractivity contribution in [2.24, 2.45) is 0 Å². The van der Waals surface area contributed by atoms with Gasteiger partial charge in [0, 0.05) is 55.4 Å². The van der Waals surface area contributed by atoms with E-state index in [2.05, 4.69) is 9.62 Å². The number of thiophene rings is 1. The Hall–Kier alpha value is -3.94. The van der Waals surface area contributed by atoms with Gasteiger partial charge in [0.05, 0.1) is 20.3 Å². The number of hydrogen-bond donors (Lipinski definition) is 2. The number of aromatic hydroxyl groups is 1. The number of hydrogen-bond acceptors (Lipinski definition) is 9. The second-order valence-corrected chi connectivity index (χ2v) is 15.1. The third-order valence-corrected chi connectivity index (χ3v) is 10.8. The number of carbonyl (C=O) groups is 1. The highest BCUT2D eigenvalue weighted by Gasteiger charge is 2.28. The van der Waals surface area contributed by atoms with Crippen molar-refractivity contribution in [2.45, 2.75) is 49.5 Å². The van der Waals surface area contributed by atoms with Gasteiger partial charge in [-0.2, -0.15) is 0 Å². The Morgan fingerprint density at radius 3 is 2.39 bits per heavy atom. The SMILES string of the molecule is COc1ccc([C@@H](CCCNS(=O)(=O)c2cccs2)n2cc3c(N4CCN(C(=O)OC(C)(C)C)CC4)cccc3c2O)cc1OC. The van der Waals surface area contributed by atoms with Crippen LogP contribution in [0.1, 0.15) is 45.2 Å². The van der Waals surface area contributed by atoms with Gasteiger partial charge < -0.3 is 33.7 Å². The number of ether oxygens (including phenoxy) is 3. The third-order valence-electron chi connectivity index (χ3n) is 7.94. The zero-order valence-corrected chi connectivity index (χ0v) is 28.5. The molecule has 1 aliphatic rings. The molecule has 0 aliphatic carbocycles. The Bertz CT molecular complexity index is 1760. The van der Waals surface area contributed by atoms with Crippen molar-refractivity contribution in [2.75, 3.05) is 51.8 Å². The molecule has 0 unspecified atom stereocenters. The molecule has 0 bridgehead atoms. The molecular weight excluding hydrogens is 629 g/mol. The molecule has 3 heterocycles. The standard InChI is InChI=1S/C33H42N4O7S2/c1-33(2,3)44-32(39)36-18-16-35(17-19-36)27-10-6-9-24-25(27)22-37(31(24)38)26(23-13-14-28(42-4)29(21-23)43-5)11-7-15-34-46(40,41)30-12-8-20-45-30/h6,8-10,12-14,20-22,26,34,38H,7,11,15-19H2,1-5H3/t26-/m1/s1. The summed E-state index contributed by atoms with van der Waals surface area (Å²) in [7, 11) is -0.438. The molecule has 1 aliphatic heterocycles. The minimum absolute atomic E-state index is 0.114. The fraction of sp³-hybridized carbons (Fsp3) is 0.424. The second-order valence-electron chi connectivity index (χ2n) is 12.2. The summed E-state index contributed by atoms with van der Waals surface area (Å²) in [5, 5.41) is 14.9. The van der Waals surface area contributed by atoms with E-state index in [9.17, 15) is 18.3 Å². The van der Waals surface area contributed by atoms with E-state index in [1.54, 1.807) is 36.6 Å². The molecule has 5 rings (SSSR count). The summed E-state index contributed by atoms with van der Waals surface area (Å²) in [5.41, 5.74) is 1.28. The van der Waals surface area contributed by atoms with Crippen LogP contribution in [0, 0.1) is 0 Å². The van der Waals surface area contributed by atoms with Crippen LogP contribution >= 0.6 is 11.3 Å². The number of fused-ring (bicyclic) bond motifs is 1. The zero-order chi connectivity index (χ0) is 33.1. The number of benzene rings is 2. The number of rotatable bonds is 11. The topological polar surface area (TPSA) is 123 Å². The van der Waals surface area contributed by atoms with E-state index >= 15 is 0 Å². The smallest absolute Gasteiger partial charge is 0.410 e. The lowest BCUT2D eigenvalue weighted by Gasteiger charge is -2.37. The quantitative estimate of drug-likeness (QED) is 0.191. The number of sulfonamides is 1. The Kier molecular flexibility index (Phi) is 10.0. The van der Waals surface area contributed by atoms with E-state index in [0.717, 1.165) is 16.6 Å². The van der Waals surface area contributed by atoms with E-state index in [1.165, 1.54) is 11.3 Å². The van der Waals surface area contributed by atoms with E-state index in [4.69, 9.17) is 14.2 Å². The lowest BCUT2D eigenvalue weighted by atomic mass is 10.0. The van der Waals surface area contributed by atoms with Gasteiger partial charge in [-0.1, -0.05) is 18.2 Å². The summed E-state index contributed by atoms with van der Waals surface area (Å²) < 4.78 is 46.8. The van der Waals surface area contributed by atoms with Crippen LogP contribution in [-0.4, -0.2) is 81.6 Å². The summed E-state index contributed by atoms with van der Waals surface area (Å²) in [6, 6.07) is 14.4. The molecule has 0 radical (unpaired) electrons. The highest BCUT2D eigenvalue weighted by atomic mass is 32.2. The molecule has 2 aromatic carbocycles. The molecule has 2 N–H and O–H groups in total. The maximum absolute atomic E-state index is 12.7. The number of anilines is 1. The molecule has 0 spiro atoms. The summed E-state index contributed by atoms with van der Waals surface area (Å²) in [6.07, 6.45) is 2.68. The lowest BCUT2D eigenvalue weighted by molar-refractivity contribution is 0.0240. The molecule has 1 saturated heterocycles. The van der Waals surface area contributed by atoms with Crippen LogP contribution in [0.2, 0.25) is 0 Å². The number of nitrogens with zero attached hydrogens (tertiary/aromatic N) is 3. The number of piperazine rings is 1. The van der Waals surface area contributed by atoms with Crippen molar-refractivity contribution in [3.8, 4) is 17.4 Å². The van der Waals surface area contributed by atoms with Crippen LogP contribution in [0.4, 0.5) is 10.5 Å². The first-order chi connectivity index (χ1) is 21.9. The van der Waals surface area contributed by atoms with Gasteiger partial charge in [0.25, 0.3) is 0 Å². The summed E-state index contributed by atoms with van der Waals surface area (Å²) >= 11 is 1.17. The van der Waals surface area contributed by atoms with E-state index in [-0.39, 0.29) is 28.8 Å². The van der Waals surface area contributed by atoms with Crippen LogP contribution in [0.25, 0.3) is 10.8 Å². The van der Waals surface area contributed by atoms with Gasteiger partial charge in [-0.05, 0) is 74.9 Å². The molecular formula is C33H42N4O7S2. The molecule has 1 amide bonds. The van der Waals surface area contributed by atoms with Gasteiger partial charge in [-0.3, -0.25) is 0 Å². The van der Waals surface area contributed by atoms with Crippen molar-refractivity contribution in [3.63, 3.8) is 0 Å². The van der Waals surface area contributed by atoms with Crippen LogP contribution < -0.4 is 19.1 Å². The Labute approximate surface area is 274 Å². The summed E-state index contributed by atoms with van der Waals surface area (Å²) in [5.74, 6) is 1.26. The number of aromatic nitrogens is 1. The second kappa shape index (κ2) is 13.8. The summed E-state index contributed by atoms with van der Waals surface area (Å²) in [4.78, 5) is 16.6. The van der Waals surface area contributed by atoms with Gasteiger partial charge in [0.2, 0.25) is 10.0 Å². The predicted octanol–water partition coefficient (Wildman–Crippen LogP) is 5.83. The van der Waals surface area contributed by atoms with Gasteiger partial charge in [-0.15, -0.1) is 11.3 Å². The molecule has 1 fully saturated rings. The van der Waals surface area contributed by atoms with Crippen LogP contribution in [0.5, 0.6) is 17.4 Å². The molecule has 4 aromatic rings. The van der Waals surface area contributed by atoms with Crippen molar-refractivity contribution < 1.29 is 32.5 Å². The number of amides is 1. The van der Waals surface area contributed by atoms with Gasteiger partial charge in [0.1, 0.15) is 9.81 Å². The molecule has 2 aromatic heterocycles. The maximum atomic E-state index is 12.7. The van der Waals surface area contributed by atoms with E-state index in [0.29, 0.717) is 55.9 Å². The fourth-order valence-electron chi connectivity index (χ4n) is 5.71. The first kappa shape index (κ1) is 33.4. The highest BCUT2D eigenvalue weighted by Crippen LogP contribution is 2.41. The van der Waals surface area contributed by atoms with Crippen LogP contribution in [0.3, 0.4) is 0 Å². The minimum atomic E-state index is -3.59. The largest absolute Gasteiger partial charge is 0.494 e. The molecule has 46 heavy (non-hydrogen) atoms. The van der Waals surface area contributed by atoms with E-state index < -0.39 is 15.6 Å². The Morgan fingerprint density at radius 2 is 1.74 bits per heavy atom. The van der Waals surface area contributed by atoms with Crippen molar-refractivity contribution in [3.05, 3.63) is 65.7 Å². The third kappa shape index (κ3) is 7.37. The number of carbonyl (C=O) groups excluding carboxylic acids is 1. The lowest BCUT2D eigenvalue weighted by Crippen LogP contribution is -2.50. The molecule has 0 saturated carbocycles. The average molecular weight is 671 g/mol.